The molecule has 3 aliphatic heterocycles. The van der Waals surface area contributed by atoms with E-state index in [1.165, 1.54) is 12.1 Å². The van der Waals surface area contributed by atoms with Gasteiger partial charge in [0, 0.05) is 64.1 Å². The first-order chi connectivity index (χ1) is 15.3. The highest BCUT2D eigenvalue weighted by Gasteiger charge is 2.24. The fraction of sp³-hybridized carbons (Fsp3) is 0.545. The van der Waals surface area contributed by atoms with Gasteiger partial charge in [-0.05, 0) is 24.3 Å². The second kappa shape index (κ2) is 9.23. The van der Waals surface area contributed by atoms with Crippen LogP contribution in [-0.2, 0) is 9.47 Å². The van der Waals surface area contributed by atoms with Crippen LogP contribution in [0.2, 0.25) is 0 Å². The maximum absolute atomic E-state index is 13.3. The molecule has 4 heterocycles. The number of aromatic nitrogens is 2. The molecule has 2 aromatic rings. The van der Waals surface area contributed by atoms with Crippen molar-refractivity contribution in [2.75, 3.05) is 98.4 Å². The molecule has 3 saturated heterocycles. The number of morpholine rings is 2. The first-order valence-electron chi connectivity index (χ1n) is 11.1. The predicted octanol–water partition coefficient (Wildman–Crippen LogP) is 1.62. The van der Waals surface area contributed by atoms with Crippen molar-refractivity contribution < 1.29 is 13.9 Å². The minimum Gasteiger partial charge on any atom is -0.378 e. The number of halogens is 1. The average Bonchev–Trinajstić information content (AvgIpc) is 2.85. The summed E-state index contributed by atoms with van der Waals surface area (Å²) in [6.45, 7) is 9.63. The average molecular weight is 429 g/mol. The van der Waals surface area contributed by atoms with E-state index in [4.69, 9.17) is 19.4 Å². The molecule has 5 rings (SSSR count). The van der Waals surface area contributed by atoms with Gasteiger partial charge in [0.2, 0.25) is 5.95 Å². The summed E-state index contributed by atoms with van der Waals surface area (Å²) < 4.78 is 24.3. The zero-order valence-electron chi connectivity index (χ0n) is 17.7. The van der Waals surface area contributed by atoms with E-state index in [2.05, 4.69) is 25.7 Å². The van der Waals surface area contributed by atoms with Crippen molar-refractivity contribution in [2.24, 2.45) is 0 Å². The molecule has 0 amide bonds. The van der Waals surface area contributed by atoms with E-state index in [0.29, 0.717) is 13.2 Å². The predicted molar refractivity (Wildman–Crippen MR) is 119 cm³/mol. The molecular formula is C22H29FN6O2. The van der Waals surface area contributed by atoms with Crippen LogP contribution >= 0.6 is 0 Å². The van der Waals surface area contributed by atoms with Crippen LogP contribution < -0.4 is 19.6 Å². The lowest BCUT2D eigenvalue weighted by Gasteiger charge is -2.38. The van der Waals surface area contributed by atoms with Gasteiger partial charge in [-0.2, -0.15) is 9.97 Å². The van der Waals surface area contributed by atoms with Crippen molar-refractivity contribution in [3.63, 3.8) is 0 Å². The standard InChI is InChI=1S/C22H29FN6O2/c23-18-1-3-19(4-2-18)26-5-7-27(8-6-26)20-17-21(28-9-13-30-14-10-28)25-22(24-20)29-11-15-31-16-12-29/h1-4,17H,5-16H2. The highest BCUT2D eigenvalue weighted by Crippen LogP contribution is 2.26. The first-order valence-corrected chi connectivity index (χ1v) is 11.1. The van der Waals surface area contributed by atoms with Crippen LogP contribution in [0.1, 0.15) is 0 Å². The summed E-state index contributed by atoms with van der Waals surface area (Å²) in [6.07, 6.45) is 0. The number of ether oxygens (including phenoxy) is 2. The number of anilines is 4. The molecule has 0 saturated carbocycles. The lowest BCUT2D eigenvalue weighted by molar-refractivity contribution is 0.121. The Bertz CT molecular complexity index is 827. The van der Waals surface area contributed by atoms with Crippen LogP contribution in [0.15, 0.2) is 30.3 Å². The highest BCUT2D eigenvalue weighted by atomic mass is 19.1. The minimum absolute atomic E-state index is 0.199. The summed E-state index contributed by atoms with van der Waals surface area (Å²) in [5.74, 6) is 2.52. The molecule has 8 nitrogen and oxygen atoms in total. The second-order valence-electron chi connectivity index (χ2n) is 8.03. The normalized spacial score (nSPS) is 20.3. The molecule has 3 fully saturated rings. The molecule has 1 aromatic carbocycles. The van der Waals surface area contributed by atoms with Gasteiger partial charge in [-0.3, -0.25) is 0 Å². The van der Waals surface area contributed by atoms with Crippen molar-refractivity contribution in [3.05, 3.63) is 36.1 Å². The Morgan fingerprint density at radius 2 is 1.10 bits per heavy atom. The van der Waals surface area contributed by atoms with Gasteiger partial charge in [-0.1, -0.05) is 0 Å². The molecule has 9 heteroatoms. The summed E-state index contributed by atoms with van der Waals surface area (Å²) in [7, 11) is 0. The zero-order chi connectivity index (χ0) is 21.0. The van der Waals surface area contributed by atoms with Crippen molar-refractivity contribution >= 4 is 23.3 Å². The molecule has 0 atom stereocenters. The van der Waals surface area contributed by atoms with E-state index in [1.807, 2.05) is 12.1 Å². The number of hydrogen-bond donors (Lipinski definition) is 0. The SMILES string of the molecule is Fc1ccc(N2CCN(c3cc(N4CCOCC4)nc(N4CCOCC4)n3)CC2)cc1. The van der Waals surface area contributed by atoms with Crippen LogP contribution in [0.5, 0.6) is 0 Å². The molecule has 0 radical (unpaired) electrons. The number of rotatable bonds is 4. The van der Waals surface area contributed by atoms with Gasteiger partial charge in [0.15, 0.2) is 0 Å². The van der Waals surface area contributed by atoms with E-state index < -0.39 is 0 Å². The summed E-state index contributed by atoms with van der Waals surface area (Å²) in [6, 6.07) is 8.86. The Morgan fingerprint density at radius 1 is 0.613 bits per heavy atom. The molecule has 3 aliphatic rings. The van der Waals surface area contributed by atoms with Crippen molar-refractivity contribution in [1.29, 1.82) is 0 Å². The fourth-order valence-corrected chi connectivity index (χ4v) is 4.28. The third kappa shape index (κ3) is 4.67. The molecule has 31 heavy (non-hydrogen) atoms. The molecule has 0 bridgehead atoms. The molecule has 1 aromatic heterocycles. The third-order valence-corrected chi connectivity index (χ3v) is 6.11. The van der Waals surface area contributed by atoms with Gasteiger partial charge < -0.3 is 29.1 Å². The Kier molecular flexibility index (Phi) is 6.04. The van der Waals surface area contributed by atoms with Crippen molar-refractivity contribution in [1.82, 2.24) is 9.97 Å². The van der Waals surface area contributed by atoms with Crippen molar-refractivity contribution in [2.45, 2.75) is 0 Å². The van der Waals surface area contributed by atoms with Gasteiger partial charge in [-0.25, -0.2) is 4.39 Å². The van der Waals surface area contributed by atoms with Gasteiger partial charge >= 0.3 is 0 Å². The quantitative estimate of drug-likeness (QED) is 0.728. The third-order valence-electron chi connectivity index (χ3n) is 6.11. The van der Waals surface area contributed by atoms with Crippen molar-refractivity contribution in [3.8, 4) is 0 Å². The van der Waals surface area contributed by atoms with Gasteiger partial charge in [0.25, 0.3) is 0 Å². The number of nitrogens with zero attached hydrogens (tertiary/aromatic N) is 6. The Hall–Kier alpha value is -2.65. The molecule has 0 aliphatic carbocycles. The van der Waals surface area contributed by atoms with Gasteiger partial charge in [-0.15, -0.1) is 0 Å². The lowest BCUT2D eigenvalue weighted by Crippen LogP contribution is -2.47. The van der Waals surface area contributed by atoms with E-state index in [1.54, 1.807) is 0 Å². The zero-order valence-corrected chi connectivity index (χ0v) is 17.7. The Morgan fingerprint density at radius 3 is 1.68 bits per heavy atom. The number of hydrogen-bond acceptors (Lipinski definition) is 8. The van der Waals surface area contributed by atoms with Gasteiger partial charge in [0.1, 0.15) is 17.5 Å². The van der Waals surface area contributed by atoms with Gasteiger partial charge in [0.05, 0.1) is 26.4 Å². The van der Waals surface area contributed by atoms with Crippen LogP contribution in [0.3, 0.4) is 0 Å². The molecule has 0 N–H and O–H groups in total. The van der Waals surface area contributed by atoms with E-state index in [9.17, 15) is 4.39 Å². The maximum atomic E-state index is 13.3. The monoisotopic (exact) mass is 428 g/mol. The van der Waals surface area contributed by atoms with Crippen LogP contribution in [-0.4, -0.2) is 88.8 Å². The minimum atomic E-state index is -0.199. The Balaban J connectivity index is 1.35. The smallest absolute Gasteiger partial charge is 0.229 e. The van der Waals surface area contributed by atoms with E-state index in [0.717, 1.165) is 88.8 Å². The topological polar surface area (TPSA) is 57.2 Å². The highest BCUT2D eigenvalue weighted by molar-refractivity contribution is 5.57. The summed E-state index contributed by atoms with van der Waals surface area (Å²) in [5.41, 5.74) is 1.06. The first kappa shape index (κ1) is 20.3. The molecule has 166 valence electrons. The molecule has 0 unspecified atom stereocenters. The summed E-state index contributed by atoms with van der Waals surface area (Å²) in [5, 5.41) is 0. The van der Waals surface area contributed by atoms with E-state index in [-0.39, 0.29) is 5.82 Å². The van der Waals surface area contributed by atoms with Crippen LogP contribution in [0.25, 0.3) is 0 Å². The number of benzene rings is 1. The summed E-state index contributed by atoms with van der Waals surface area (Å²) in [4.78, 5) is 19.0. The second-order valence-corrected chi connectivity index (χ2v) is 8.03. The molecule has 0 spiro atoms. The number of piperazine rings is 1. The van der Waals surface area contributed by atoms with E-state index >= 15 is 0 Å². The largest absolute Gasteiger partial charge is 0.378 e. The summed E-state index contributed by atoms with van der Waals surface area (Å²) >= 11 is 0. The lowest BCUT2D eigenvalue weighted by atomic mass is 10.2. The molecular weight excluding hydrogens is 399 g/mol. The van der Waals surface area contributed by atoms with Crippen LogP contribution in [0.4, 0.5) is 27.7 Å². The fourth-order valence-electron chi connectivity index (χ4n) is 4.28. The maximum Gasteiger partial charge on any atom is 0.229 e. The Labute approximate surface area is 182 Å². The van der Waals surface area contributed by atoms with Crippen LogP contribution in [0, 0.1) is 5.82 Å².